The summed E-state index contributed by atoms with van der Waals surface area (Å²) in [5.74, 6) is 0.508. The maximum Gasteiger partial charge on any atom is 0.211 e. The second-order valence-corrected chi connectivity index (χ2v) is 7.39. The van der Waals surface area contributed by atoms with E-state index in [1.807, 2.05) is 24.3 Å². The molecule has 8 heteroatoms. The Bertz CT molecular complexity index is 1130. The van der Waals surface area contributed by atoms with Crippen molar-refractivity contribution in [2.24, 2.45) is 0 Å². The molecule has 4 N–H and O–H groups in total. The van der Waals surface area contributed by atoms with Crippen LogP contribution in [0.3, 0.4) is 0 Å². The smallest absolute Gasteiger partial charge is 0.211 e. The summed E-state index contributed by atoms with van der Waals surface area (Å²) >= 11 is 0. The van der Waals surface area contributed by atoms with Crippen LogP contribution in [0.25, 0.3) is 11.0 Å². The van der Waals surface area contributed by atoms with Gasteiger partial charge in [-0.15, -0.1) is 0 Å². The number of morpholine rings is 1. The lowest BCUT2D eigenvalue weighted by Gasteiger charge is -2.28. The van der Waals surface area contributed by atoms with Gasteiger partial charge in [-0.05, 0) is 49.4 Å². The minimum Gasteiger partial charge on any atom is -0.385 e. The second kappa shape index (κ2) is 9.01. The summed E-state index contributed by atoms with van der Waals surface area (Å²) in [6, 6.07) is 12.0. The van der Waals surface area contributed by atoms with Gasteiger partial charge in [-0.1, -0.05) is 0 Å². The second-order valence-electron chi connectivity index (χ2n) is 7.39. The van der Waals surface area contributed by atoms with E-state index >= 15 is 0 Å². The average molecular weight is 419 g/mol. The molecule has 31 heavy (non-hydrogen) atoms. The third-order valence-corrected chi connectivity index (χ3v) is 5.17. The number of carbonyl (C=O) groups is 1. The van der Waals surface area contributed by atoms with Gasteiger partial charge < -0.3 is 30.7 Å². The molecule has 1 aliphatic heterocycles. The molecule has 4 rings (SSSR count). The molecule has 0 atom stereocenters. The van der Waals surface area contributed by atoms with Crippen LogP contribution in [0, 0.1) is 5.41 Å². The molecular formula is C23H26N6O2. The van der Waals surface area contributed by atoms with E-state index in [-0.39, 0.29) is 5.78 Å². The number of hydrogen-bond donors (Lipinski definition) is 4. The van der Waals surface area contributed by atoms with E-state index in [1.54, 1.807) is 20.2 Å². The van der Waals surface area contributed by atoms with E-state index in [1.165, 1.54) is 11.8 Å². The van der Waals surface area contributed by atoms with Crippen LogP contribution in [-0.4, -0.2) is 54.8 Å². The average Bonchev–Trinajstić information content (AvgIpc) is 3.21. The molecule has 1 aromatic carbocycles. The van der Waals surface area contributed by atoms with Gasteiger partial charge in [0.25, 0.3) is 0 Å². The predicted octanol–water partition coefficient (Wildman–Crippen LogP) is 3.47. The van der Waals surface area contributed by atoms with Crippen molar-refractivity contribution in [1.29, 1.82) is 5.41 Å². The molecular weight excluding hydrogens is 392 g/mol. The standard InChI is InChI=1S/C23H26N6O2/c1-15(24)13-20(25-2)22(30)19-14-26-23-18(19)7-8-21(28-23)27-16-3-5-17(6-4-16)29-9-11-31-12-10-29/h3-8,13-14,24-25H,9-12H2,1-2H3,(H2,26,27,28)/b20-13-,24-15?. The summed E-state index contributed by atoms with van der Waals surface area (Å²) in [5, 5.41) is 14.5. The van der Waals surface area contributed by atoms with E-state index in [0.29, 0.717) is 28.4 Å². The van der Waals surface area contributed by atoms with Gasteiger partial charge in [-0.25, -0.2) is 4.98 Å². The normalized spacial score (nSPS) is 14.5. The molecule has 1 aliphatic rings. The zero-order chi connectivity index (χ0) is 21.8. The number of ether oxygens (including phenoxy) is 1. The number of rotatable bonds is 7. The number of nitrogens with zero attached hydrogens (tertiary/aromatic N) is 2. The minimum absolute atomic E-state index is 0.179. The summed E-state index contributed by atoms with van der Waals surface area (Å²) < 4.78 is 5.41. The Morgan fingerprint density at radius 2 is 1.94 bits per heavy atom. The monoisotopic (exact) mass is 418 g/mol. The first-order chi connectivity index (χ1) is 15.0. The highest BCUT2D eigenvalue weighted by atomic mass is 16.5. The van der Waals surface area contributed by atoms with Crippen LogP contribution in [0.4, 0.5) is 17.2 Å². The first-order valence-corrected chi connectivity index (χ1v) is 10.2. The van der Waals surface area contributed by atoms with Crippen LogP contribution < -0.4 is 15.5 Å². The molecule has 3 aromatic rings. The molecule has 0 spiro atoms. The maximum absolute atomic E-state index is 12.8. The third kappa shape index (κ3) is 4.59. The SMILES string of the molecule is CN/C(=C\C(C)=N)C(=O)c1c[nH]c2nc(Nc3ccc(N4CCOCC4)cc3)ccc12. The molecule has 3 heterocycles. The van der Waals surface area contributed by atoms with Gasteiger partial charge in [0.2, 0.25) is 5.78 Å². The lowest BCUT2D eigenvalue weighted by atomic mass is 10.1. The number of ketones is 1. The molecule has 0 saturated carbocycles. The summed E-state index contributed by atoms with van der Waals surface area (Å²) in [4.78, 5) is 22.8. The number of aromatic amines is 1. The topological polar surface area (TPSA) is 106 Å². The number of fused-ring (bicyclic) bond motifs is 1. The van der Waals surface area contributed by atoms with E-state index in [2.05, 4.69) is 37.6 Å². The van der Waals surface area contributed by atoms with Crippen molar-refractivity contribution in [2.75, 3.05) is 43.6 Å². The maximum atomic E-state index is 12.8. The first-order valence-electron chi connectivity index (χ1n) is 10.2. The molecule has 0 unspecified atom stereocenters. The highest BCUT2D eigenvalue weighted by Crippen LogP contribution is 2.24. The van der Waals surface area contributed by atoms with Gasteiger partial charge in [0.15, 0.2) is 0 Å². The summed E-state index contributed by atoms with van der Waals surface area (Å²) in [6.07, 6.45) is 3.18. The van der Waals surface area contributed by atoms with Crippen LogP contribution in [0.1, 0.15) is 17.3 Å². The fraction of sp³-hybridized carbons (Fsp3) is 0.261. The summed E-state index contributed by atoms with van der Waals surface area (Å²) in [7, 11) is 1.67. The Kier molecular flexibility index (Phi) is 5.99. The van der Waals surface area contributed by atoms with E-state index in [4.69, 9.17) is 10.1 Å². The van der Waals surface area contributed by atoms with Gasteiger partial charge in [-0.3, -0.25) is 4.79 Å². The number of anilines is 3. The van der Waals surface area contributed by atoms with Gasteiger partial charge in [0.1, 0.15) is 11.5 Å². The molecule has 0 bridgehead atoms. The molecule has 0 radical (unpaired) electrons. The number of H-pyrrole nitrogens is 1. The molecule has 0 amide bonds. The quantitative estimate of drug-likeness (QED) is 0.266. The molecule has 0 aliphatic carbocycles. The van der Waals surface area contributed by atoms with Gasteiger partial charge in [0, 0.05) is 48.8 Å². The van der Waals surface area contributed by atoms with E-state index in [9.17, 15) is 4.79 Å². The number of Topliss-reactive ketones (excluding diaryl/α,β-unsaturated/α-hetero) is 1. The van der Waals surface area contributed by atoms with Gasteiger partial charge in [0.05, 0.1) is 24.5 Å². The molecule has 2 aromatic heterocycles. The number of aromatic nitrogens is 2. The van der Waals surface area contributed by atoms with Crippen molar-refractivity contribution in [3.05, 3.63) is 59.9 Å². The van der Waals surface area contributed by atoms with Gasteiger partial charge in [-0.2, -0.15) is 0 Å². The number of pyridine rings is 1. The fourth-order valence-electron chi connectivity index (χ4n) is 3.60. The van der Waals surface area contributed by atoms with Crippen molar-refractivity contribution in [3.8, 4) is 0 Å². The fourth-order valence-corrected chi connectivity index (χ4v) is 3.60. The minimum atomic E-state index is -0.179. The Hall–Kier alpha value is -3.65. The Morgan fingerprint density at radius 3 is 2.61 bits per heavy atom. The zero-order valence-corrected chi connectivity index (χ0v) is 17.7. The number of nitrogens with one attached hydrogen (secondary N) is 4. The number of hydrogen-bond acceptors (Lipinski definition) is 7. The molecule has 8 nitrogen and oxygen atoms in total. The number of allylic oxidation sites excluding steroid dienone is 2. The number of likely N-dealkylation sites (N-methyl/N-ethyl adjacent to an activating group) is 1. The Balaban J connectivity index is 1.51. The largest absolute Gasteiger partial charge is 0.385 e. The van der Waals surface area contributed by atoms with Crippen molar-refractivity contribution in [3.63, 3.8) is 0 Å². The van der Waals surface area contributed by atoms with Crippen molar-refractivity contribution < 1.29 is 9.53 Å². The number of benzene rings is 1. The van der Waals surface area contributed by atoms with E-state index < -0.39 is 0 Å². The summed E-state index contributed by atoms with van der Waals surface area (Å²) in [5.41, 5.74) is 3.94. The zero-order valence-electron chi connectivity index (χ0n) is 17.7. The first kappa shape index (κ1) is 20.6. The predicted molar refractivity (Wildman–Crippen MR) is 124 cm³/mol. The van der Waals surface area contributed by atoms with Crippen LogP contribution in [0.5, 0.6) is 0 Å². The highest BCUT2D eigenvalue weighted by molar-refractivity contribution is 6.17. The van der Waals surface area contributed by atoms with Crippen LogP contribution in [0.15, 0.2) is 54.4 Å². The molecule has 160 valence electrons. The van der Waals surface area contributed by atoms with Crippen LogP contribution >= 0.6 is 0 Å². The van der Waals surface area contributed by atoms with Crippen molar-refractivity contribution >= 4 is 39.7 Å². The van der Waals surface area contributed by atoms with Crippen LogP contribution in [0.2, 0.25) is 0 Å². The Labute approximate surface area is 180 Å². The van der Waals surface area contributed by atoms with E-state index in [0.717, 1.165) is 37.4 Å². The van der Waals surface area contributed by atoms with Crippen molar-refractivity contribution in [2.45, 2.75) is 6.92 Å². The van der Waals surface area contributed by atoms with Crippen molar-refractivity contribution in [1.82, 2.24) is 15.3 Å². The lowest BCUT2D eigenvalue weighted by Crippen LogP contribution is -2.36. The highest BCUT2D eigenvalue weighted by Gasteiger charge is 2.17. The van der Waals surface area contributed by atoms with Crippen LogP contribution in [-0.2, 0) is 4.74 Å². The molecule has 1 saturated heterocycles. The molecule has 1 fully saturated rings. The number of carbonyl (C=O) groups excluding carboxylic acids is 1. The van der Waals surface area contributed by atoms with Gasteiger partial charge >= 0.3 is 0 Å². The lowest BCUT2D eigenvalue weighted by molar-refractivity contribution is 0.103. The third-order valence-electron chi connectivity index (χ3n) is 5.17. The summed E-state index contributed by atoms with van der Waals surface area (Å²) in [6.45, 7) is 4.96. The Morgan fingerprint density at radius 1 is 1.19 bits per heavy atom.